The van der Waals surface area contributed by atoms with Crippen LogP contribution in [0.3, 0.4) is 0 Å². The Morgan fingerprint density at radius 2 is 1.83 bits per heavy atom. The minimum absolute atomic E-state index is 0.0185. The molecule has 3 rings (SSSR count). The monoisotopic (exact) mass is 390 g/mol. The number of primary amides is 1. The van der Waals surface area contributed by atoms with Gasteiger partial charge in [-0.1, -0.05) is 18.2 Å². The Bertz CT molecular complexity index is 1060. The molecule has 146 valence electrons. The topological polar surface area (TPSA) is 127 Å². The number of hydrogen-bond donors (Lipinski definition) is 3. The van der Waals surface area contributed by atoms with Gasteiger partial charge in [0.05, 0.1) is 6.26 Å². The van der Waals surface area contributed by atoms with E-state index < -0.39 is 11.8 Å². The molecule has 0 spiro atoms. The maximum Gasteiger partial charge on any atom is 0.270 e. The summed E-state index contributed by atoms with van der Waals surface area (Å²) in [5.74, 6) is -0.881. The predicted octanol–water partition coefficient (Wildman–Crippen LogP) is 2.36. The first-order valence-electron chi connectivity index (χ1n) is 8.68. The summed E-state index contributed by atoms with van der Waals surface area (Å²) in [6, 6.07) is 15.0. The van der Waals surface area contributed by atoms with E-state index in [0.29, 0.717) is 11.4 Å². The van der Waals surface area contributed by atoms with E-state index in [1.165, 1.54) is 30.5 Å². The number of furan rings is 1. The molecule has 8 heteroatoms. The van der Waals surface area contributed by atoms with Crippen molar-refractivity contribution in [1.82, 2.24) is 10.3 Å². The first-order valence-corrected chi connectivity index (χ1v) is 8.68. The van der Waals surface area contributed by atoms with Crippen LogP contribution in [-0.2, 0) is 11.3 Å². The summed E-state index contributed by atoms with van der Waals surface area (Å²) >= 11 is 0. The highest BCUT2D eigenvalue weighted by Gasteiger charge is 2.10. The fourth-order valence-corrected chi connectivity index (χ4v) is 2.46. The summed E-state index contributed by atoms with van der Waals surface area (Å²) < 4.78 is 5.13. The van der Waals surface area contributed by atoms with E-state index in [4.69, 9.17) is 10.2 Å². The van der Waals surface area contributed by atoms with E-state index in [9.17, 15) is 14.4 Å². The molecule has 29 heavy (non-hydrogen) atoms. The number of amides is 3. The van der Waals surface area contributed by atoms with Crippen molar-refractivity contribution in [2.75, 3.05) is 5.32 Å². The third-order valence-electron chi connectivity index (χ3n) is 3.82. The van der Waals surface area contributed by atoms with E-state index in [-0.39, 0.29) is 23.8 Å². The Balaban J connectivity index is 1.58. The van der Waals surface area contributed by atoms with Gasteiger partial charge in [0.1, 0.15) is 17.1 Å². The zero-order chi connectivity index (χ0) is 20.6. The summed E-state index contributed by atoms with van der Waals surface area (Å²) in [7, 11) is 0. The second-order valence-corrected chi connectivity index (χ2v) is 5.99. The van der Waals surface area contributed by atoms with E-state index in [1.807, 2.05) is 6.07 Å². The molecule has 0 bridgehead atoms. The molecule has 0 unspecified atom stereocenters. The second-order valence-electron chi connectivity index (χ2n) is 5.99. The molecule has 3 aromatic rings. The number of pyridine rings is 1. The van der Waals surface area contributed by atoms with Crippen LogP contribution >= 0.6 is 0 Å². The maximum absolute atomic E-state index is 12.2. The molecular formula is C21H18N4O4. The number of benzene rings is 1. The van der Waals surface area contributed by atoms with Crippen molar-refractivity contribution < 1.29 is 18.8 Å². The van der Waals surface area contributed by atoms with Crippen LogP contribution in [0.2, 0.25) is 0 Å². The van der Waals surface area contributed by atoms with Crippen LogP contribution in [0.1, 0.15) is 32.3 Å². The van der Waals surface area contributed by atoms with Gasteiger partial charge in [0, 0.05) is 18.3 Å². The number of carbonyl (C=O) groups excluding carboxylic acids is 3. The number of rotatable bonds is 7. The summed E-state index contributed by atoms with van der Waals surface area (Å²) in [6.07, 6.45) is 4.45. The average Bonchev–Trinajstić information content (AvgIpc) is 3.24. The SMILES string of the molecule is NC(=O)c1cccc(C(=O)NCc2cccc(NC(=O)/C=C/c3ccco3)c2)n1. The molecule has 0 aliphatic rings. The standard InChI is InChI=1S/C21H18N4O4/c22-20(27)17-7-2-8-18(25-17)21(28)23-13-14-4-1-5-15(12-14)24-19(26)10-9-16-6-3-11-29-16/h1-12H,13H2,(H2,22,27)(H,23,28)(H,24,26)/b10-9+. The molecule has 3 amide bonds. The molecule has 0 radical (unpaired) electrons. The minimum Gasteiger partial charge on any atom is -0.465 e. The van der Waals surface area contributed by atoms with Crippen LogP contribution in [0.25, 0.3) is 6.08 Å². The third-order valence-corrected chi connectivity index (χ3v) is 3.82. The van der Waals surface area contributed by atoms with E-state index in [1.54, 1.807) is 36.4 Å². The molecule has 0 aliphatic heterocycles. The highest BCUT2D eigenvalue weighted by atomic mass is 16.3. The molecule has 0 saturated carbocycles. The lowest BCUT2D eigenvalue weighted by Gasteiger charge is -2.08. The largest absolute Gasteiger partial charge is 0.465 e. The Morgan fingerprint density at radius 1 is 1.03 bits per heavy atom. The van der Waals surface area contributed by atoms with Gasteiger partial charge in [-0.25, -0.2) is 4.98 Å². The Hall–Kier alpha value is -4.20. The van der Waals surface area contributed by atoms with E-state index in [0.717, 1.165) is 5.56 Å². The number of anilines is 1. The van der Waals surface area contributed by atoms with Crippen molar-refractivity contribution in [2.24, 2.45) is 5.73 Å². The molecule has 2 aromatic heterocycles. The van der Waals surface area contributed by atoms with Crippen LogP contribution in [0.5, 0.6) is 0 Å². The molecule has 0 atom stereocenters. The first kappa shape index (κ1) is 19.6. The lowest BCUT2D eigenvalue weighted by atomic mass is 10.2. The Kier molecular flexibility index (Phi) is 6.16. The number of nitrogens with zero attached hydrogens (tertiary/aromatic N) is 1. The Labute approximate surface area is 166 Å². The molecule has 4 N–H and O–H groups in total. The lowest BCUT2D eigenvalue weighted by molar-refractivity contribution is -0.111. The zero-order valence-corrected chi connectivity index (χ0v) is 15.3. The van der Waals surface area contributed by atoms with Crippen molar-refractivity contribution in [3.05, 3.63) is 89.6 Å². The maximum atomic E-state index is 12.2. The number of hydrogen-bond acceptors (Lipinski definition) is 5. The normalized spacial score (nSPS) is 10.6. The number of aromatic nitrogens is 1. The number of nitrogens with two attached hydrogens (primary N) is 1. The van der Waals surface area contributed by atoms with Crippen LogP contribution < -0.4 is 16.4 Å². The fourth-order valence-electron chi connectivity index (χ4n) is 2.46. The fraction of sp³-hybridized carbons (Fsp3) is 0.0476. The van der Waals surface area contributed by atoms with Crippen molar-refractivity contribution in [1.29, 1.82) is 0 Å². The smallest absolute Gasteiger partial charge is 0.270 e. The molecule has 0 fully saturated rings. The van der Waals surface area contributed by atoms with Gasteiger partial charge >= 0.3 is 0 Å². The van der Waals surface area contributed by atoms with Gasteiger partial charge in [0.15, 0.2) is 0 Å². The predicted molar refractivity (Wildman–Crippen MR) is 107 cm³/mol. The quantitative estimate of drug-likeness (QED) is 0.534. The van der Waals surface area contributed by atoms with Gasteiger partial charge in [0.25, 0.3) is 11.8 Å². The van der Waals surface area contributed by atoms with Crippen LogP contribution in [0.15, 0.2) is 71.4 Å². The molecule has 0 saturated heterocycles. The van der Waals surface area contributed by atoms with Gasteiger partial charge in [-0.2, -0.15) is 0 Å². The van der Waals surface area contributed by atoms with Crippen molar-refractivity contribution in [3.63, 3.8) is 0 Å². The molecule has 0 aliphatic carbocycles. The lowest BCUT2D eigenvalue weighted by Crippen LogP contribution is -2.25. The first-order chi connectivity index (χ1) is 14.0. The van der Waals surface area contributed by atoms with Crippen molar-refractivity contribution in [2.45, 2.75) is 6.54 Å². The summed E-state index contributed by atoms with van der Waals surface area (Å²) in [4.78, 5) is 39.3. The summed E-state index contributed by atoms with van der Waals surface area (Å²) in [5, 5.41) is 5.45. The summed E-state index contributed by atoms with van der Waals surface area (Å²) in [5.41, 5.74) is 6.64. The zero-order valence-electron chi connectivity index (χ0n) is 15.3. The van der Waals surface area contributed by atoms with Gasteiger partial charge in [-0.15, -0.1) is 0 Å². The van der Waals surface area contributed by atoms with Crippen LogP contribution in [0, 0.1) is 0 Å². The third kappa shape index (κ3) is 5.64. The average molecular weight is 390 g/mol. The Morgan fingerprint density at radius 3 is 2.59 bits per heavy atom. The molecule has 8 nitrogen and oxygen atoms in total. The molecular weight excluding hydrogens is 372 g/mol. The van der Waals surface area contributed by atoms with Gasteiger partial charge in [-0.3, -0.25) is 14.4 Å². The van der Waals surface area contributed by atoms with E-state index >= 15 is 0 Å². The molecule has 2 heterocycles. The van der Waals surface area contributed by atoms with Crippen molar-refractivity contribution in [3.8, 4) is 0 Å². The van der Waals surface area contributed by atoms with Gasteiger partial charge in [0.2, 0.25) is 5.91 Å². The minimum atomic E-state index is -0.704. The molecule has 1 aromatic carbocycles. The van der Waals surface area contributed by atoms with E-state index in [2.05, 4.69) is 15.6 Å². The van der Waals surface area contributed by atoms with Crippen LogP contribution in [-0.4, -0.2) is 22.7 Å². The summed E-state index contributed by atoms with van der Waals surface area (Å²) in [6.45, 7) is 0.216. The second kappa shape index (κ2) is 9.14. The highest BCUT2D eigenvalue weighted by molar-refractivity contribution is 6.01. The number of nitrogens with one attached hydrogen (secondary N) is 2. The highest BCUT2D eigenvalue weighted by Crippen LogP contribution is 2.11. The van der Waals surface area contributed by atoms with Crippen molar-refractivity contribution >= 4 is 29.5 Å². The van der Waals surface area contributed by atoms with Gasteiger partial charge in [-0.05, 0) is 48.0 Å². The van der Waals surface area contributed by atoms with Crippen LogP contribution in [0.4, 0.5) is 5.69 Å². The van der Waals surface area contributed by atoms with Gasteiger partial charge < -0.3 is 20.8 Å². The number of carbonyl (C=O) groups is 3.